The molecule has 5 aromatic carbocycles. The Hall–Kier alpha value is -5.09. The van der Waals surface area contributed by atoms with Crippen molar-refractivity contribution in [3.05, 3.63) is 152 Å². The summed E-state index contributed by atoms with van der Waals surface area (Å²) in [5.74, 6) is -0.944. The van der Waals surface area contributed by atoms with Crippen LogP contribution >= 0.6 is 0 Å². The maximum atomic E-state index is 14.2. The van der Waals surface area contributed by atoms with Gasteiger partial charge in [0.25, 0.3) is 5.91 Å². The summed E-state index contributed by atoms with van der Waals surface area (Å²) in [6.07, 6.45) is 3.97. The molecule has 1 amide bonds. The van der Waals surface area contributed by atoms with Gasteiger partial charge in [-0.3, -0.25) is 14.4 Å². The molecule has 192 valence electrons. The Labute approximate surface area is 230 Å². The third kappa shape index (κ3) is 4.05. The number of Topliss-reactive ketones (excluding diaryl/α,β-unsaturated/α-hetero) is 2. The lowest BCUT2D eigenvalue weighted by atomic mass is 9.78. The summed E-state index contributed by atoms with van der Waals surface area (Å²) in [7, 11) is 0. The molecular formula is C36H25NO3. The molecule has 0 aliphatic heterocycles. The van der Waals surface area contributed by atoms with E-state index in [-0.39, 0.29) is 17.5 Å². The van der Waals surface area contributed by atoms with Crippen LogP contribution in [0.25, 0.3) is 22.9 Å². The van der Waals surface area contributed by atoms with Crippen LogP contribution in [0.2, 0.25) is 0 Å². The first-order valence-corrected chi connectivity index (χ1v) is 13.4. The topological polar surface area (TPSA) is 63.2 Å². The van der Waals surface area contributed by atoms with Crippen molar-refractivity contribution in [3.63, 3.8) is 0 Å². The van der Waals surface area contributed by atoms with Crippen molar-refractivity contribution in [1.29, 1.82) is 0 Å². The zero-order valence-corrected chi connectivity index (χ0v) is 21.6. The summed E-state index contributed by atoms with van der Waals surface area (Å²) in [4.78, 5) is 40.3. The summed E-state index contributed by atoms with van der Waals surface area (Å²) in [5, 5.41) is 8.90. The van der Waals surface area contributed by atoms with E-state index in [4.69, 9.17) is 0 Å². The first kappa shape index (κ1) is 24.0. The first-order chi connectivity index (χ1) is 19.6. The molecular weight excluding hydrogens is 494 g/mol. The smallest absolute Gasteiger partial charge is 0.251 e. The third-order valence-corrected chi connectivity index (χ3v) is 8.01. The number of hydrogen-bond donors (Lipinski definition) is 1. The predicted octanol–water partition coefficient (Wildman–Crippen LogP) is 4.59. The van der Waals surface area contributed by atoms with Gasteiger partial charge in [0, 0.05) is 17.5 Å². The van der Waals surface area contributed by atoms with Crippen molar-refractivity contribution in [2.24, 2.45) is 0 Å². The lowest BCUT2D eigenvalue weighted by Crippen LogP contribution is -2.46. The minimum atomic E-state index is -0.708. The Kier molecular flexibility index (Phi) is 5.75. The van der Waals surface area contributed by atoms with Gasteiger partial charge in [-0.1, -0.05) is 97.1 Å². The Balaban J connectivity index is 1.37. The van der Waals surface area contributed by atoms with Crippen LogP contribution in [-0.2, 0) is 11.2 Å². The van der Waals surface area contributed by atoms with E-state index in [1.807, 2.05) is 84.9 Å². The van der Waals surface area contributed by atoms with Gasteiger partial charge in [-0.05, 0) is 67.0 Å². The number of carbonyl (C=O) groups excluding carboxylic acids is 3. The molecule has 2 aliphatic rings. The van der Waals surface area contributed by atoms with Gasteiger partial charge in [0.2, 0.25) is 0 Å². The lowest BCUT2D eigenvalue weighted by molar-refractivity contribution is -0.115. The van der Waals surface area contributed by atoms with E-state index < -0.39 is 12.0 Å². The number of rotatable bonds is 4. The summed E-state index contributed by atoms with van der Waals surface area (Å²) in [6, 6.07) is 34.1. The summed E-state index contributed by atoms with van der Waals surface area (Å²) >= 11 is 0. The maximum Gasteiger partial charge on any atom is 0.251 e. The van der Waals surface area contributed by atoms with E-state index in [9.17, 15) is 14.4 Å². The number of fused-ring (bicyclic) bond motifs is 5. The average Bonchev–Trinajstić information content (AvgIpc) is 3.00. The molecule has 0 radical (unpaired) electrons. The molecule has 0 saturated carbocycles. The number of carbonyl (C=O) groups is 3. The standard InChI is InChI=1S/C36H25NO3/c38-33-20-26-16-17-29-28-13-7-6-12-25(28)19-31(35(39)27-15-14-22-8-4-5-11-24(22)18-27)34(29)30(26)21-32(33)37-36(40)23-9-2-1-3-10-23/h1-20,31-32H,21H2,(H,37,40). The Morgan fingerprint density at radius 3 is 2.27 bits per heavy atom. The molecule has 40 heavy (non-hydrogen) atoms. The highest BCUT2D eigenvalue weighted by Crippen LogP contribution is 2.30. The van der Waals surface area contributed by atoms with Crippen LogP contribution in [0.1, 0.15) is 37.8 Å². The highest BCUT2D eigenvalue weighted by atomic mass is 16.2. The van der Waals surface area contributed by atoms with E-state index >= 15 is 0 Å². The Bertz CT molecular complexity index is 2080. The zero-order chi connectivity index (χ0) is 27.2. The average molecular weight is 520 g/mol. The fourth-order valence-electron chi connectivity index (χ4n) is 6.03. The van der Waals surface area contributed by atoms with Crippen molar-refractivity contribution in [2.45, 2.75) is 18.4 Å². The number of amides is 1. The zero-order valence-electron chi connectivity index (χ0n) is 21.6. The van der Waals surface area contributed by atoms with Gasteiger partial charge in [0.05, 0.1) is 12.0 Å². The molecule has 1 N–H and O–H groups in total. The number of benzene rings is 5. The monoisotopic (exact) mass is 519 g/mol. The van der Waals surface area contributed by atoms with E-state index in [2.05, 4.69) is 11.4 Å². The molecule has 0 saturated heterocycles. The predicted molar refractivity (Wildman–Crippen MR) is 156 cm³/mol. The fraction of sp³-hybridized carbons (Fsp3) is 0.0833. The molecule has 4 heteroatoms. The number of nitrogens with one attached hydrogen (secondary N) is 1. The minimum absolute atomic E-state index is 0.0108. The highest BCUT2D eigenvalue weighted by Gasteiger charge is 2.31. The van der Waals surface area contributed by atoms with Gasteiger partial charge in [-0.25, -0.2) is 0 Å². The summed E-state index contributed by atoms with van der Waals surface area (Å²) in [6.45, 7) is 0. The van der Waals surface area contributed by atoms with Crippen molar-refractivity contribution >= 4 is 40.4 Å². The molecule has 0 spiro atoms. The Morgan fingerprint density at radius 1 is 0.675 bits per heavy atom. The molecule has 2 aliphatic carbocycles. The van der Waals surface area contributed by atoms with Crippen LogP contribution in [0.15, 0.2) is 109 Å². The van der Waals surface area contributed by atoms with Crippen LogP contribution in [-0.4, -0.2) is 23.5 Å². The van der Waals surface area contributed by atoms with Gasteiger partial charge in [-0.2, -0.15) is 0 Å². The molecule has 2 atom stereocenters. The van der Waals surface area contributed by atoms with E-state index in [0.717, 1.165) is 42.8 Å². The molecule has 0 aromatic heterocycles. The molecule has 0 heterocycles. The normalized spacial score (nSPS) is 17.1. The van der Waals surface area contributed by atoms with Crippen LogP contribution in [0.5, 0.6) is 0 Å². The van der Waals surface area contributed by atoms with Crippen LogP contribution in [0, 0.1) is 10.4 Å². The van der Waals surface area contributed by atoms with Gasteiger partial charge < -0.3 is 5.32 Å². The van der Waals surface area contributed by atoms with Crippen molar-refractivity contribution in [1.82, 2.24) is 5.32 Å². The number of ketones is 2. The van der Waals surface area contributed by atoms with Crippen LogP contribution in [0.4, 0.5) is 0 Å². The van der Waals surface area contributed by atoms with E-state index in [0.29, 0.717) is 17.5 Å². The summed E-state index contributed by atoms with van der Waals surface area (Å²) in [5.41, 5.74) is 2.99. The lowest BCUT2D eigenvalue weighted by Gasteiger charge is -2.26. The van der Waals surface area contributed by atoms with Gasteiger partial charge in [0.15, 0.2) is 11.6 Å². The second-order valence-electron chi connectivity index (χ2n) is 10.4. The van der Waals surface area contributed by atoms with Crippen molar-refractivity contribution in [2.75, 3.05) is 0 Å². The third-order valence-electron chi connectivity index (χ3n) is 8.01. The maximum absolute atomic E-state index is 14.2. The van der Waals surface area contributed by atoms with E-state index in [1.165, 1.54) is 0 Å². The van der Waals surface area contributed by atoms with E-state index in [1.54, 1.807) is 30.3 Å². The molecule has 0 fully saturated rings. The second kappa shape index (κ2) is 9.58. The molecule has 4 nitrogen and oxygen atoms in total. The quantitative estimate of drug-likeness (QED) is 0.353. The van der Waals surface area contributed by atoms with Gasteiger partial charge in [0.1, 0.15) is 0 Å². The fourth-order valence-corrected chi connectivity index (χ4v) is 6.03. The SMILES string of the molecule is O=C(NC1Cc2c3c(ccc2=CC1=O)=c1ccccc1=CC3C(=O)c1ccc2ccccc2c1)c1ccccc1. The van der Waals surface area contributed by atoms with Crippen molar-refractivity contribution in [3.8, 4) is 0 Å². The van der Waals surface area contributed by atoms with Crippen LogP contribution in [0.3, 0.4) is 0 Å². The van der Waals surface area contributed by atoms with Gasteiger partial charge in [-0.15, -0.1) is 0 Å². The second-order valence-corrected chi connectivity index (χ2v) is 10.4. The van der Waals surface area contributed by atoms with Gasteiger partial charge >= 0.3 is 0 Å². The first-order valence-electron chi connectivity index (χ1n) is 13.4. The molecule has 2 unspecified atom stereocenters. The highest BCUT2D eigenvalue weighted by molar-refractivity contribution is 6.13. The minimum Gasteiger partial charge on any atom is -0.342 e. The molecule has 7 rings (SSSR count). The van der Waals surface area contributed by atoms with Crippen molar-refractivity contribution < 1.29 is 14.4 Å². The Morgan fingerprint density at radius 2 is 1.43 bits per heavy atom. The van der Waals surface area contributed by atoms with Crippen LogP contribution < -0.4 is 15.8 Å². The largest absolute Gasteiger partial charge is 0.342 e. The summed E-state index contributed by atoms with van der Waals surface area (Å²) < 4.78 is 0. The molecule has 0 bridgehead atoms. The number of hydrogen-bond acceptors (Lipinski definition) is 3. The molecule has 5 aromatic rings.